The van der Waals surface area contributed by atoms with Crippen LogP contribution in [0.5, 0.6) is 0 Å². The van der Waals surface area contributed by atoms with Gasteiger partial charge in [-0.3, -0.25) is 4.40 Å². The molecule has 1 aliphatic rings. The van der Waals surface area contributed by atoms with Gasteiger partial charge in [0.05, 0.1) is 16.9 Å². The quantitative estimate of drug-likeness (QED) is 0.440. The van der Waals surface area contributed by atoms with E-state index in [2.05, 4.69) is 47.4 Å². The largest absolute Gasteiger partial charge is 0.396 e. The Bertz CT molecular complexity index is 1440. The Hall–Kier alpha value is -3.77. The monoisotopic (exact) mass is 421 g/mol. The van der Waals surface area contributed by atoms with Crippen molar-refractivity contribution in [3.05, 3.63) is 78.8 Å². The van der Waals surface area contributed by atoms with E-state index < -0.39 is 0 Å². The molecule has 0 amide bonds. The second-order valence-corrected chi connectivity index (χ2v) is 8.54. The van der Waals surface area contributed by atoms with E-state index in [1.165, 1.54) is 0 Å². The number of hydrogen-bond donors (Lipinski definition) is 2. The van der Waals surface area contributed by atoms with Crippen LogP contribution in [-0.4, -0.2) is 31.1 Å². The van der Waals surface area contributed by atoms with Gasteiger partial charge < -0.3 is 10.8 Å². The molecule has 0 atom stereocenters. The first kappa shape index (κ1) is 19.0. The Balaban J connectivity index is 1.48. The molecule has 1 aliphatic carbocycles. The van der Waals surface area contributed by atoms with Crippen molar-refractivity contribution in [3.63, 3.8) is 0 Å². The van der Waals surface area contributed by atoms with E-state index in [0.29, 0.717) is 17.7 Å². The molecule has 6 heteroatoms. The number of imidazole rings is 1. The number of aliphatic hydroxyl groups excluding tert-OH is 1. The Morgan fingerprint density at radius 3 is 2.59 bits per heavy atom. The summed E-state index contributed by atoms with van der Waals surface area (Å²) >= 11 is 0. The van der Waals surface area contributed by atoms with Crippen LogP contribution in [0.15, 0.2) is 73.1 Å². The van der Waals surface area contributed by atoms with Crippen molar-refractivity contribution in [3.8, 4) is 22.6 Å². The smallest absolute Gasteiger partial charge is 0.149 e. The summed E-state index contributed by atoms with van der Waals surface area (Å²) in [7, 11) is 0. The molecule has 3 aromatic heterocycles. The van der Waals surface area contributed by atoms with Crippen molar-refractivity contribution in [2.45, 2.75) is 18.8 Å². The van der Waals surface area contributed by atoms with Crippen LogP contribution < -0.4 is 5.73 Å². The average Bonchev–Trinajstić information content (AvgIpc) is 3.19. The molecule has 0 unspecified atom stereocenters. The lowest BCUT2D eigenvalue weighted by Gasteiger charge is -2.33. The van der Waals surface area contributed by atoms with Gasteiger partial charge in [0.15, 0.2) is 0 Å². The van der Waals surface area contributed by atoms with Gasteiger partial charge in [-0.2, -0.15) is 0 Å². The Morgan fingerprint density at radius 2 is 1.78 bits per heavy atom. The Kier molecular flexibility index (Phi) is 4.40. The molecule has 0 aliphatic heterocycles. The molecule has 3 N–H and O–H groups in total. The number of nitrogens with zero attached hydrogens (tertiary/aromatic N) is 4. The predicted molar refractivity (Wildman–Crippen MR) is 126 cm³/mol. The van der Waals surface area contributed by atoms with Crippen molar-refractivity contribution in [2.75, 3.05) is 12.3 Å². The summed E-state index contributed by atoms with van der Waals surface area (Å²) in [5.41, 5.74) is 12.1. The van der Waals surface area contributed by atoms with Gasteiger partial charge in [-0.05, 0) is 30.9 Å². The third-order valence-corrected chi connectivity index (χ3v) is 6.51. The zero-order valence-corrected chi connectivity index (χ0v) is 17.5. The van der Waals surface area contributed by atoms with Gasteiger partial charge in [-0.15, -0.1) is 0 Å². The maximum absolute atomic E-state index is 9.44. The normalized spacial score (nSPS) is 18.2. The Morgan fingerprint density at radius 1 is 0.969 bits per heavy atom. The predicted octanol–water partition coefficient (Wildman–Crippen LogP) is 4.68. The van der Waals surface area contributed by atoms with Crippen molar-refractivity contribution in [2.24, 2.45) is 5.92 Å². The van der Waals surface area contributed by atoms with Gasteiger partial charge in [0.1, 0.15) is 17.2 Å². The summed E-state index contributed by atoms with van der Waals surface area (Å²) < 4.78 is 2.03. The fraction of sp³-hybridized carbons (Fsp3) is 0.192. The maximum Gasteiger partial charge on any atom is 0.149 e. The van der Waals surface area contributed by atoms with Gasteiger partial charge in [0.25, 0.3) is 0 Å². The van der Waals surface area contributed by atoms with Gasteiger partial charge in [-0.1, -0.05) is 48.5 Å². The first-order valence-corrected chi connectivity index (χ1v) is 10.9. The van der Waals surface area contributed by atoms with Gasteiger partial charge in [-0.25, -0.2) is 15.0 Å². The number of hydrogen-bond acceptors (Lipinski definition) is 5. The number of pyridine rings is 1. The van der Waals surface area contributed by atoms with Crippen LogP contribution in [-0.2, 0) is 0 Å². The zero-order valence-electron chi connectivity index (χ0n) is 17.5. The molecule has 3 heterocycles. The molecule has 5 aromatic rings. The van der Waals surface area contributed by atoms with E-state index in [9.17, 15) is 5.11 Å². The van der Waals surface area contributed by atoms with Crippen molar-refractivity contribution >= 4 is 22.2 Å². The first-order valence-electron chi connectivity index (χ1n) is 10.9. The number of fused-ring (bicyclic) bond motifs is 2. The van der Waals surface area contributed by atoms with Crippen molar-refractivity contribution in [1.29, 1.82) is 0 Å². The van der Waals surface area contributed by atoms with Crippen LogP contribution >= 0.6 is 0 Å². The number of aromatic nitrogens is 4. The van der Waals surface area contributed by atoms with E-state index >= 15 is 0 Å². The SMILES string of the molecule is Nc1nccn2c(-c3ccc4ccc(-c5ccccc5)nc4c3)nc(C3CC(CO)C3)c12. The molecule has 2 aromatic carbocycles. The standard InChI is InChI=1S/C26H23N5O/c27-25-24-23(20-12-16(13-20)15-32)30-26(31(24)11-10-28-25)19-7-6-18-8-9-21(29-22(18)14-19)17-4-2-1-3-5-17/h1-11,14,16,20,32H,12-13,15H2,(H2,27,28). The topological polar surface area (TPSA) is 89.3 Å². The highest BCUT2D eigenvalue weighted by Crippen LogP contribution is 2.44. The fourth-order valence-corrected chi connectivity index (χ4v) is 4.71. The van der Waals surface area contributed by atoms with E-state index in [4.69, 9.17) is 15.7 Å². The minimum Gasteiger partial charge on any atom is -0.396 e. The molecule has 0 spiro atoms. The lowest BCUT2D eigenvalue weighted by Crippen LogP contribution is -2.25. The molecular weight excluding hydrogens is 398 g/mol. The van der Waals surface area contributed by atoms with E-state index in [1.54, 1.807) is 6.20 Å². The van der Waals surface area contributed by atoms with Gasteiger partial charge >= 0.3 is 0 Å². The molecule has 158 valence electrons. The maximum atomic E-state index is 9.44. The average molecular weight is 422 g/mol. The summed E-state index contributed by atoms with van der Waals surface area (Å²) in [5, 5.41) is 10.5. The Labute approximate surface area is 185 Å². The highest BCUT2D eigenvalue weighted by molar-refractivity contribution is 5.86. The molecule has 6 rings (SSSR count). The second kappa shape index (κ2) is 7.43. The molecule has 1 fully saturated rings. The van der Waals surface area contributed by atoms with Crippen LogP contribution in [0.25, 0.3) is 39.1 Å². The summed E-state index contributed by atoms with van der Waals surface area (Å²) in [6.45, 7) is 0.225. The lowest BCUT2D eigenvalue weighted by molar-refractivity contribution is 0.141. The number of benzene rings is 2. The van der Waals surface area contributed by atoms with Crippen LogP contribution in [0, 0.1) is 5.92 Å². The third-order valence-electron chi connectivity index (χ3n) is 6.51. The minimum atomic E-state index is 0.225. The highest BCUT2D eigenvalue weighted by atomic mass is 16.3. The first-order chi connectivity index (χ1) is 15.7. The molecular formula is C26H23N5O. The van der Waals surface area contributed by atoms with E-state index in [-0.39, 0.29) is 6.61 Å². The molecule has 0 radical (unpaired) electrons. The number of nitrogen functional groups attached to an aromatic ring is 1. The highest BCUT2D eigenvalue weighted by Gasteiger charge is 2.34. The number of anilines is 1. The molecule has 1 saturated carbocycles. The van der Waals surface area contributed by atoms with Crippen LogP contribution in [0.3, 0.4) is 0 Å². The minimum absolute atomic E-state index is 0.225. The molecule has 6 nitrogen and oxygen atoms in total. The summed E-state index contributed by atoms with van der Waals surface area (Å²) in [5.74, 6) is 1.97. The second-order valence-electron chi connectivity index (χ2n) is 8.54. The van der Waals surface area contributed by atoms with Crippen LogP contribution in [0.4, 0.5) is 5.82 Å². The molecule has 32 heavy (non-hydrogen) atoms. The summed E-state index contributed by atoms with van der Waals surface area (Å²) in [6, 6.07) is 20.6. The fourth-order valence-electron chi connectivity index (χ4n) is 4.71. The van der Waals surface area contributed by atoms with Crippen molar-refractivity contribution < 1.29 is 5.11 Å². The van der Waals surface area contributed by atoms with Gasteiger partial charge in [0.2, 0.25) is 0 Å². The van der Waals surface area contributed by atoms with E-state index in [0.717, 1.165) is 57.6 Å². The zero-order chi connectivity index (χ0) is 21.7. The molecule has 0 bridgehead atoms. The molecule has 0 saturated heterocycles. The summed E-state index contributed by atoms with van der Waals surface area (Å²) in [6.07, 6.45) is 5.48. The number of nitrogens with two attached hydrogens (primary N) is 1. The number of rotatable bonds is 4. The van der Waals surface area contributed by atoms with Crippen molar-refractivity contribution in [1.82, 2.24) is 19.4 Å². The van der Waals surface area contributed by atoms with Gasteiger partial charge in [0, 0.05) is 41.4 Å². The lowest BCUT2D eigenvalue weighted by atomic mass is 9.73. The van der Waals surface area contributed by atoms with Crippen LogP contribution in [0.1, 0.15) is 24.5 Å². The third kappa shape index (κ3) is 3.03. The van der Waals surface area contributed by atoms with Crippen LogP contribution in [0.2, 0.25) is 0 Å². The number of aliphatic hydroxyl groups is 1. The van der Waals surface area contributed by atoms with E-state index in [1.807, 2.05) is 28.8 Å². The summed E-state index contributed by atoms with van der Waals surface area (Å²) in [4.78, 5) is 14.3.